The van der Waals surface area contributed by atoms with Gasteiger partial charge in [0.15, 0.2) is 5.96 Å². The lowest BCUT2D eigenvalue weighted by Gasteiger charge is -2.32. The third-order valence-electron chi connectivity index (χ3n) is 3.60. The molecule has 4 nitrogen and oxygen atoms in total. The molecule has 124 valence electrons. The Balaban J connectivity index is 2.14. The Kier molecular flexibility index (Phi) is 7.28. The number of piperidine rings is 1. The average Bonchev–Trinajstić information content (AvgIpc) is 2.37. The molecule has 0 atom stereocenters. The largest absolute Gasteiger partial charge is 0.401 e. The minimum atomic E-state index is -4.09. The molecular weight excluding hydrogens is 281 g/mol. The minimum Gasteiger partial charge on any atom is -0.370 e. The van der Waals surface area contributed by atoms with Gasteiger partial charge < -0.3 is 11.1 Å². The molecule has 1 heterocycles. The summed E-state index contributed by atoms with van der Waals surface area (Å²) in [4.78, 5) is 5.70. The first-order valence-corrected chi connectivity index (χ1v) is 7.59. The van der Waals surface area contributed by atoms with Gasteiger partial charge in [0, 0.05) is 13.1 Å². The predicted molar refractivity (Wildman–Crippen MR) is 79.2 cm³/mol. The third-order valence-corrected chi connectivity index (χ3v) is 3.60. The van der Waals surface area contributed by atoms with Crippen molar-refractivity contribution in [3.05, 3.63) is 0 Å². The van der Waals surface area contributed by atoms with Crippen LogP contribution in [0, 0.1) is 11.8 Å². The molecule has 0 radical (unpaired) electrons. The average molecular weight is 308 g/mol. The van der Waals surface area contributed by atoms with Crippen LogP contribution in [0.3, 0.4) is 0 Å². The number of likely N-dealkylation sites (tertiary alicyclic amines) is 1. The van der Waals surface area contributed by atoms with E-state index in [-0.39, 0.29) is 0 Å². The quantitative estimate of drug-likeness (QED) is 0.584. The summed E-state index contributed by atoms with van der Waals surface area (Å²) in [7, 11) is 0. The third kappa shape index (κ3) is 8.80. The molecule has 1 saturated heterocycles. The molecule has 1 fully saturated rings. The highest BCUT2D eigenvalue weighted by Gasteiger charge is 2.32. The molecule has 0 aromatic heterocycles. The number of rotatable bonds is 6. The van der Waals surface area contributed by atoms with Gasteiger partial charge >= 0.3 is 6.18 Å². The second-order valence-electron chi connectivity index (χ2n) is 6.17. The summed E-state index contributed by atoms with van der Waals surface area (Å²) < 4.78 is 36.8. The summed E-state index contributed by atoms with van der Waals surface area (Å²) >= 11 is 0. The van der Waals surface area contributed by atoms with Crippen LogP contribution >= 0.6 is 0 Å². The maximum absolute atomic E-state index is 12.3. The molecule has 0 saturated carbocycles. The van der Waals surface area contributed by atoms with E-state index < -0.39 is 12.7 Å². The van der Waals surface area contributed by atoms with Crippen LogP contribution in [-0.2, 0) is 0 Å². The second kappa shape index (κ2) is 8.46. The number of halogens is 3. The molecule has 1 rings (SSSR count). The summed E-state index contributed by atoms with van der Waals surface area (Å²) in [5.74, 6) is 1.40. The normalized spacial score (nSPS) is 19.2. The first kappa shape index (κ1) is 18.1. The number of nitrogens with zero attached hydrogens (tertiary/aromatic N) is 2. The van der Waals surface area contributed by atoms with E-state index in [2.05, 4.69) is 24.2 Å². The molecule has 0 bridgehead atoms. The fraction of sp³-hybridized carbons (Fsp3) is 0.929. The number of nitrogens with two attached hydrogens (primary N) is 1. The fourth-order valence-corrected chi connectivity index (χ4v) is 2.43. The highest BCUT2D eigenvalue weighted by molar-refractivity contribution is 5.77. The Labute approximate surface area is 125 Å². The van der Waals surface area contributed by atoms with Gasteiger partial charge in [-0.3, -0.25) is 9.89 Å². The predicted octanol–water partition coefficient (Wildman–Crippen LogP) is 2.21. The molecule has 0 aliphatic carbocycles. The van der Waals surface area contributed by atoms with Crippen molar-refractivity contribution >= 4 is 5.96 Å². The molecule has 1 aliphatic rings. The molecule has 0 aromatic rings. The highest BCUT2D eigenvalue weighted by Crippen LogP contribution is 2.23. The fourth-order valence-electron chi connectivity index (χ4n) is 2.43. The van der Waals surface area contributed by atoms with E-state index in [1.165, 1.54) is 4.90 Å². The number of guanidine groups is 1. The zero-order valence-electron chi connectivity index (χ0n) is 12.9. The molecule has 21 heavy (non-hydrogen) atoms. The van der Waals surface area contributed by atoms with Gasteiger partial charge in [0.25, 0.3) is 0 Å². The van der Waals surface area contributed by atoms with Crippen molar-refractivity contribution in [2.24, 2.45) is 22.6 Å². The van der Waals surface area contributed by atoms with E-state index in [0.29, 0.717) is 37.4 Å². The first-order chi connectivity index (χ1) is 9.76. The standard InChI is InChI=1S/C14H27F3N4/c1-11(2)9-20-13(18)19-6-3-12-4-7-21(8-5-12)10-14(15,16)17/h11-12H,3-10H2,1-2H3,(H3,18,19,20). The molecule has 7 heteroatoms. The van der Waals surface area contributed by atoms with Gasteiger partial charge in [-0.15, -0.1) is 0 Å². The maximum Gasteiger partial charge on any atom is 0.401 e. The Hall–Kier alpha value is -0.980. The van der Waals surface area contributed by atoms with Crippen molar-refractivity contribution in [3.63, 3.8) is 0 Å². The smallest absolute Gasteiger partial charge is 0.370 e. The van der Waals surface area contributed by atoms with Gasteiger partial charge in [-0.05, 0) is 44.2 Å². The SMILES string of the molecule is CC(C)CN=C(N)NCCC1CCN(CC(F)(F)F)CC1. The van der Waals surface area contributed by atoms with Crippen LogP contribution in [0.5, 0.6) is 0 Å². The number of nitrogens with one attached hydrogen (secondary N) is 1. The van der Waals surface area contributed by atoms with E-state index in [9.17, 15) is 13.2 Å². The van der Waals surface area contributed by atoms with E-state index in [1.807, 2.05) is 0 Å². The summed E-state index contributed by atoms with van der Waals surface area (Å²) in [6.07, 6.45) is -1.52. The van der Waals surface area contributed by atoms with Crippen LogP contribution in [0.2, 0.25) is 0 Å². The number of alkyl halides is 3. The number of aliphatic imine (C=N–C) groups is 1. The van der Waals surface area contributed by atoms with Gasteiger partial charge in [0.2, 0.25) is 0 Å². The monoisotopic (exact) mass is 308 g/mol. The zero-order chi connectivity index (χ0) is 15.9. The summed E-state index contributed by atoms with van der Waals surface area (Å²) in [6.45, 7) is 5.86. The maximum atomic E-state index is 12.3. The van der Waals surface area contributed by atoms with E-state index in [4.69, 9.17) is 5.73 Å². The first-order valence-electron chi connectivity index (χ1n) is 7.59. The van der Waals surface area contributed by atoms with E-state index >= 15 is 0 Å². The van der Waals surface area contributed by atoms with Gasteiger partial charge in [-0.1, -0.05) is 13.8 Å². The van der Waals surface area contributed by atoms with Gasteiger partial charge in [-0.2, -0.15) is 13.2 Å². The summed E-state index contributed by atoms with van der Waals surface area (Å²) in [5.41, 5.74) is 5.73. The van der Waals surface area contributed by atoms with Crippen molar-refractivity contribution in [2.75, 3.05) is 32.7 Å². The molecule has 3 N–H and O–H groups in total. The van der Waals surface area contributed by atoms with E-state index in [0.717, 1.165) is 25.8 Å². The molecular formula is C14H27F3N4. The van der Waals surface area contributed by atoms with Crippen molar-refractivity contribution in [3.8, 4) is 0 Å². The van der Waals surface area contributed by atoms with Gasteiger partial charge in [0.1, 0.15) is 0 Å². The van der Waals surface area contributed by atoms with E-state index in [1.54, 1.807) is 0 Å². The molecule has 1 aliphatic heterocycles. The highest BCUT2D eigenvalue weighted by atomic mass is 19.4. The topological polar surface area (TPSA) is 53.6 Å². The summed E-state index contributed by atoms with van der Waals surface area (Å²) in [5, 5.41) is 3.07. The molecule has 0 unspecified atom stereocenters. The van der Waals surface area contributed by atoms with Crippen molar-refractivity contribution in [1.82, 2.24) is 10.2 Å². The van der Waals surface area contributed by atoms with Crippen molar-refractivity contribution < 1.29 is 13.2 Å². The van der Waals surface area contributed by atoms with Crippen LogP contribution in [-0.4, -0.2) is 49.8 Å². The Morgan fingerprint density at radius 2 is 1.95 bits per heavy atom. The van der Waals surface area contributed by atoms with Gasteiger partial charge in [0.05, 0.1) is 6.54 Å². The lowest BCUT2D eigenvalue weighted by molar-refractivity contribution is -0.148. The Morgan fingerprint density at radius 1 is 1.33 bits per heavy atom. The number of hydrogen-bond donors (Lipinski definition) is 2. The second-order valence-corrected chi connectivity index (χ2v) is 6.17. The Morgan fingerprint density at radius 3 is 2.48 bits per heavy atom. The van der Waals surface area contributed by atoms with Crippen LogP contribution < -0.4 is 11.1 Å². The van der Waals surface area contributed by atoms with Crippen molar-refractivity contribution in [2.45, 2.75) is 39.3 Å². The van der Waals surface area contributed by atoms with Crippen LogP contribution in [0.15, 0.2) is 4.99 Å². The lowest BCUT2D eigenvalue weighted by atomic mass is 9.93. The van der Waals surface area contributed by atoms with Crippen molar-refractivity contribution in [1.29, 1.82) is 0 Å². The summed E-state index contributed by atoms with van der Waals surface area (Å²) in [6, 6.07) is 0. The zero-order valence-corrected chi connectivity index (χ0v) is 12.9. The minimum absolute atomic E-state index is 0.457. The molecule has 0 amide bonds. The number of hydrogen-bond acceptors (Lipinski definition) is 2. The van der Waals surface area contributed by atoms with Crippen LogP contribution in [0.1, 0.15) is 33.1 Å². The Bertz CT molecular complexity index is 321. The lowest BCUT2D eigenvalue weighted by Crippen LogP contribution is -2.41. The van der Waals surface area contributed by atoms with Crippen LogP contribution in [0.4, 0.5) is 13.2 Å². The molecule has 0 spiro atoms. The van der Waals surface area contributed by atoms with Gasteiger partial charge in [-0.25, -0.2) is 0 Å². The van der Waals surface area contributed by atoms with Crippen LogP contribution in [0.25, 0.3) is 0 Å². The molecule has 0 aromatic carbocycles.